The van der Waals surface area contributed by atoms with Crippen molar-refractivity contribution in [3.05, 3.63) is 30.0 Å². The van der Waals surface area contributed by atoms with Gasteiger partial charge in [0.1, 0.15) is 5.76 Å². The van der Waals surface area contributed by atoms with Gasteiger partial charge in [-0.25, -0.2) is 0 Å². The van der Waals surface area contributed by atoms with Crippen molar-refractivity contribution in [3.8, 4) is 5.75 Å². The molecule has 0 radical (unpaired) electrons. The Morgan fingerprint density at radius 1 is 1.33 bits per heavy atom. The smallest absolute Gasteiger partial charge is 0.176 e. The Hall–Kier alpha value is -1.48. The third kappa shape index (κ3) is 3.41. The molecule has 2 unspecified atom stereocenters. The molecule has 3 nitrogen and oxygen atoms in total. The standard InChI is InChI=1S/C18H25NO2/c1-13-5-3-6-14(9-13)11-19-12-16-10-15-7-4-8-17(20-2)18(15)21-16/h4,7-8,10,13-14,19H,3,5-6,9,11-12H2,1-2H3. The predicted molar refractivity (Wildman–Crippen MR) is 85.6 cm³/mol. The molecule has 114 valence electrons. The molecule has 21 heavy (non-hydrogen) atoms. The molecule has 1 aromatic carbocycles. The van der Waals surface area contributed by atoms with Crippen LogP contribution in [0.2, 0.25) is 0 Å². The maximum absolute atomic E-state index is 5.91. The van der Waals surface area contributed by atoms with E-state index >= 15 is 0 Å². The zero-order valence-corrected chi connectivity index (χ0v) is 13.0. The number of hydrogen-bond donors (Lipinski definition) is 1. The molecule has 1 heterocycles. The molecule has 2 atom stereocenters. The zero-order chi connectivity index (χ0) is 14.7. The van der Waals surface area contributed by atoms with E-state index in [4.69, 9.17) is 9.15 Å². The number of hydrogen-bond acceptors (Lipinski definition) is 3. The number of nitrogens with one attached hydrogen (secondary N) is 1. The zero-order valence-electron chi connectivity index (χ0n) is 13.0. The first kappa shape index (κ1) is 14.5. The van der Waals surface area contributed by atoms with Gasteiger partial charge in [-0.3, -0.25) is 0 Å². The van der Waals surface area contributed by atoms with Gasteiger partial charge >= 0.3 is 0 Å². The van der Waals surface area contributed by atoms with Gasteiger partial charge in [0, 0.05) is 5.39 Å². The highest BCUT2D eigenvalue weighted by Gasteiger charge is 2.18. The third-order valence-electron chi connectivity index (χ3n) is 4.56. The van der Waals surface area contributed by atoms with E-state index < -0.39 is 0 Å². The fourth-order valence-electron chi connectivity index (χ4n) is 3.48. The number of furan rings is 1. The molecule has 2 aromatic rings. The van der Waals surface area contributed by atoms with E-state index in [0.29, 0.717) is 0 Å². The average molecular weight is 287 g/mol. The van der Waals surface area contributed by atoms with Gasteiger partial charge in [-0.1, -0.05) is 31.9 Å². The van der Waals surface area contributed by atoms with Crippen LogP contribution in [0.1, 0.15) is 38.4 Å². The summed E-state index contributed by atoms with van der Waals surface area (Å²) in [5.41, 5.74) is 0.850. The first-order chi connectivity index (χ1) is 10.3. The van der Waals surface area contributed by atoms with E-state index in [9.17, 15) is 0 Å². The van der Waals surface area contributed by atoms with Crippen LogP contribution in [0.5, 0.6) is 5.75 Å². The Labute approximate surface area is 126 Å². The molecule has 1 fully saturated rings. The van der Waals surface area contributed by atoms with E-state index in [1.165, 1.54) is 25.7 Å². The normalized spacial score (nSPS) is 22.6. The molecule has 0 amide bonds. The van der Waals surface area contributed by atoms with Crippen LogP contribution in [-0.2, 0) is 6.54 Å². The van der Waals surface area contributed by atoms with E-state index in [2.05, 4.69) is 24.4 Å². The number of fused-ring (bicyclic) bond motifs is 1. The minimum atomic E-state index is 0.794. The predicted octanol–water partition coefficient (Wildman–Crippen LogP) is 4.36. The number of rotatable bonds is 5. The van der Waals surface area contributed by atoms with Gasteiger partial charge in [-0.05, 0) is 43.4 Å². The van der Waals surface area contributed by atoms with E-state index in [-0.39, 0.29) is 0 Å². The Bertz CT molecular complexity index is 590. The fraction of sp³-hybridized carbons (Fsp3) is 0.556. The fourth-order valence-corrected chi connectivity index (χ4v) is 3.48. The molecule has 0 spiro atoms. The van der Waals surface area contributed by atoms with Crippen molar-refractivity contribution in [1.29, 1.82) is 0 Å². The van der Waals surface area contributed by atoms with Crippen LogP contribution in [0.4, 0.5) is 0 Å². The van der Waals surface area contributed by atoms with Crippen LogP contribution in [0.15, 0.2) is 28.7 Å². The molecule has 0 bridgehead atoms. The molecule has 1 N–H and O–H groups in total. The Morgan fingerprint density at radius 3 is 3.05 bits per heavy atom. The molecule has 1 aromatic heterocycles. The summed E-state index contributed by atoms with van der Waals surface area (Å²) >= 11 is 0. The van der Waals surface area contributed by atoms with Crippen LogP contribution >= 0.6 is 0 Å². The maximum atomic E-state index is 5.91. The molecule has 0 saturated heterocycles. The molecule has 1 aliphatic carbocycles. The first-order valence-corrected chi connectivity index (χ1v) is 8.02. The van der Waals surface area contributed by atoms with E-state index in [0.717, 1.165) is 47.4 Å². The van der Waals surface area contributed by atoms with Crippen molar-refractivity contribution < 1.29 is 9.15 Å². The van der Waals surface area contributed by atoms with Crippen molar-refractivity contribution in [2.24, 2.45) is 11.8 Å². The Morgan fingerprint density at radius 2 is 2.24 bits per heavy atom. The minimum absolute atomic E-state index is 0.794. The highest BCUT2D eigenvalue weighted by molar-refractivity contribution is 5.83. The summed E-state index contributed by atoms with van der Waals surface area (Å²) in [6.45, 7) is 4.26. The molecule has 0 aliphatic heterocycles. The molecule has 3 rings (SSSR count). The lowest BCUT2D eigenvalue weighted by Gasteiger charge is -2.26. The van der Waals surface area contributed by atoms with Gasteiger partial charge in [-0.15, -0.1) is 0 Å². The van der Waals surface area contributed by atoms with Crippen LogP contribution < -0.4 is 10.1 Å². The quantitative estimate of drug-likeness (QED) is 0.887. The second-order valence-electron chi connectivity index (χ2n) is 6.36. The SMILES string of the molecule is COc1cccc2cc(CNCC3CCCC(C)C3)oc12. The second kappa shape index (κ2) is 6.52. The summed E-state index contributed by atoms with van der Waals surface area (Å²) in [5.74, 6) is 3.51. The molecular formula is C18H25NO2. The lowest BCUT2D eigenvalue weighted by atomic mass is 9.82. The van der Waals surface area contributed by atoms with Crippen molar-refractivity contribution in [1.82, 2.24) is 5.32 Å². The van der Waals surface area contributed by atoms with Crippen molar-refractivity contribution in [2.45, 2.75) is 39.2 Å². The summed E-state index contributed by atoms with van der Waals surface area (Å²) in [6, 6.07) is 8.10. The largest absolute Gasteiger partial charge is 0.493 e. The van der Waals surface area contributed by atoms with Crippen molar-refractivity contribution in [3.63, 3.8) is 0 Å². The second-order valence-corrected chi connectivity index (χ2v) is 6.36. The van der Waals surface area contributed by atoms with E-state index in [1.54, 1.807) is 7.11 Å². The minimum Gasteiger partial charge on any atom is -0.493 e. The highest BCUT2D eigenvalue weighted by atomic mass is 16.5. The van der Waals surface area contributed by atoms with Gasteiger partial charge in [0.25, 0.3) is 0 Å². The van der Waals surface area contributed by atoms with Gasteiger partial charge < -0.3 is 14.5 Å². The lowest BCUT2D eigenvalue weighted by Crippen LogP contribution is -2.26. The molecule has 1 aliphatic rings. The van der Waals surface area contributed by atoms with Crippen molar-refractivity contribution >= 4 is 11.0 Å². The van der Waals surface area contributed by atoms with Gasteiger partial charge in [0.15, 0.2) is 11.3 Å². The molecule has 3 heteroatoms. The summed E-state index contributed by atoms with van der Waals surface area (Å²) in [5, 5.41) is 4.66. The molecular weight excluding hydrogens is 262 g/mol. The number of benzene rings is 1. The number of ether oxygens (including phenoxy) is 1. The van der Waals surface area contributed by atoms with Gasteiger partial charge in [0.05, 0.1) is 13.7 Å². The topological polar surface area (TPSA) is 34.4 Å². The highest BCUT2D eigenvalue weighted by Crippen LogP contribution is 2.29. The monoisotopic (exact) mass is 287 g/mol. The van der Waals surface area contributed by atoms with Crippen LogP contribution in [0.25, 0.3) is 11.0 Å². The summed E-state index contributed by atoms with van der Waals surface area (Å²) in [4.78, 5) is 0. The number of para-hydroxylation sites is 1. The summed E-state index contributed by atoms with van der Waals surface area (Å²) < 4.78 is 11.3. The van der Waals surface area contributed by atoms with Crippen LogP contribution in [0.3, 0.4) is 0 Å². The Balaban J connectivity index is 1.58. The van der Waals surface area contributed by atoms with Crippen molar-refractivity contribution in [2.75, 3.05) is 13.7 Å². The molecule has 1 saturated carbocycles. The number of methoxy groups -OCH3 is 1. The Kier molecular flexibility index (Phi) is 4.49. The first-order valence-electron chi connectivity index (χ1n) is 8.02. The average Bonchev–Trinajstić information content (AvgIpc) is 2.90. The maximum Gasteiger partial charge on any atom is 0.176 e. The summed E-state index contributed by atoms with van der Waals surface area (Å²) in [7, 11) is 1.68. The van der Waals surface area contributed by atoms with Gasteiger partial charge in [-0.2, -0.15) is 0 Å². The third-order valence-corrected chi connectivity index (χ3v) is 4.56. The van der Waals surface area contributed by atoms with Crippen LogP contribution in [-0.4, -0.2) is 13.7 Å². The summed E-state index contributed by atoms with van der Waals surface area (Å²) in [6.07, 6.45) is 5.52. The lowest BCUT2D eigenvalue weighted by molar-refractivity contribution is 0.272. The van der Waals surface area contributed by atoms with E-state index in [1.807, 2.05) is 12.1 Å². The van der Waals surface area contributed by atoms with Gasteiger partial charge in [0.2, 0.25) is 0 Å². The van der Waals surface area contributed by atoms with Crippen LogP contribution in [0, 0.1) is 11.8 Å².